The lowest BCUT2D eigenvalue weighted by molar-refractivity contribution is -0.107. The average Bonchev–Trinajstić information content (AvgIpc) is 2.59. The summed E-state index contributed by atoms with van der Waals surface area (Å²) in [4.78, 5) is 12.1. The van der Waals surface area contributed by atoms with Gasteiger partial charge in [0.25, 0.3) is 0 Å². The number of hydrogen-bond donors (Lipinski definition) is 0. The van der Waals surface area contributed by atoms with Gasteiger partial charge < -0.3 is 4.42 Å². The minimum Gasteiger partial charge on any atom is -0.448 e. The zero-order valence-electron chi connectivity index (χ0n) is 7.19. The molecule has 1 aromatic heterocycles. The maximum absolute atomic E-state index is 10.6. The Kier molecular flexibility index (Phi) is 3.38. The van der Waals surface area contributed by atoms with Gasteiger partial charge in [-0.1, -0.05) is 13.3 Å². The van der Waals surface area contributed by atoms with Crippen LogP contribution in [0.15, 0.2) is 22.8 Å². The molecule has 1 rings (SSSR count). The first-order chi connectivity index (χ1) is 5.88. The molecule has 0 aromatic carbocycles. The number of carbonyl (C=O) groups excluding carboxylic acids is 1. The van der Waals surface area contributed by atoms with Crippen LogP contribution < -0.4 is 4.90 Å². The van der Waals surface area contributed by atoms with Gasteiger partial charge in [0.05, 0.1) is 6.26 Å². The van der Waals surface area contributed by atoms with Crippen LogP contribution in [0.2, 0.25) is 0 Å². The lowest BCUT2D eigenvalue weighted by Gasteiger charge is -2.12. The van der Waals surface area contributed by atoms with Crippen LogP contribution in [0.5, 0.6) is 0 Å². The number of hydrogen-bond acceptors (Lipinski definition) is 2. The van der Waals surface area contributed by atoms with Crippen LogP contribution in [-0.4, -0.2) is 13.0 Å². The Hall–Kier alpha value is -1.25. The summed E-state index contributed by atoms with van der Waals surface area (Å²) in [5.41, 5.74) is 0. The van der Waals surface area contributed by atoms with E-state index in [9.17, 15) is 4.79 Å². The lowest BCUT2D eigenvalue weighted by Crippen LogP contribution is -2.21. The van der Waals surface area contributed by atoms with E-state index in [0.29, 0.717) is 5.88 Å². The zero-order chi connectivity index (χ0) is 8.81. The average molecular weight is 167 g/mol. The second-order valence-electron chi connectivity index (χ2n) is 2.60. The van der Waals surface area contributed by atoms with Crippen molar-refractivity contribution in [2.75, 3.05) is 11.4 Å². The summed E-state index contributed by atoms with van der Waals surface area (Å²) in [6.07, 6.45) is 4.44. The molecule has 0 aliphatic carbocycles. The van der Waals surface area contributed by atoms with Crippen molar-refractivity contribution in [2.45, 2.75) is 19.8 Å². The number of nitrogens with zero attached hydrogens (tertiary/aromatic N) is 1. The molecule has 0 unspecified atom stereocenters. The van der Waals surface area contributed by atoms with Gasteiger partial charge in [-0.05, 0) is 12.5 Å². The smallest absolute Gasteiger partial charge is 0.216 e. The Morgan fingerprint density at radius 2 is 2.50 bits per heavy atom. The number of amides is 1. The summed E-state index contributed by atoms with van der Waals surface area (Å²) in [7, 11) is 0. The Morgan fingerprint density at radius 1 is 1.67 bits per heavy atom. The van der Waals surface area contributed by atoms with E-state index in [1.807, 2.05) is 0 Å². The molecule has 0 bridgehead atoms. The van der Waals surface area contributed by atoms with Gasteiger partial charge in [-0.15, -0.1) is 0 Å². The van der Waals surface area contributed by atoms with Gasteiger partial charge in [0.1, 0.15) is 0 Å². The van der Waals surface area contributed by atoms with Gasteiger partial charge in [-0.3, -0.25) is 9.69 Å². The van der Waals surface area contributed by atoms with Gasteiger partial charge in [-0.25, -0.2) is 0 Å². The highest BCUT2D eigenvalue weighted by atomic mass is 16.3. The summed E-state index contributed by atoms with van der Waals surface area (Å²) < 4.78 is 5.08. The zero-order valence-corrected chi connectivity index (χ0v) is 7.19. The fourth-order valence-electron chi connectivity index (χ4n) is 0.977. The van der Waals surface area contributed by atoms with Crippen LogP contribution >= 0.6 is 0 Å². The molecule has 0 saturated carbocycles. The highest BCUT2D eigenvalue weighted by molar-refractivity contribution is 5.71. The molecule has 1 heterocycles. The summed E-state index contributed by atoms with van der Waals surface area (Å²) in [5.74, 6) is 0.624. The van der Waals surface area contributed by atoms with E-state index in [4.69, 9.17) is 4.42 Å². The lowest BCUT2D eigenvalue weighted by atomic mass is 10.3. The minimum atomic E-state index is 0.624. The number of rotatable bonds is 5. The number of carbonyl (C=O) groups is 1. The highest BCUT2D eigenvalue weighted by Crippen LogP contribution is 2.12. The maximum Gasteiger partial charge on any atom is 0.216 e. The predicted molar refractivity (Wildman–Crippen MR) is 47.0 cm³/mol. The molecule has 0 saturated heterocycles. The fraction of sp³-hybridized carbons (Fsp3) is 0.444. The summed E-state index contributed by atoms with van der Waals surface area (Å²) in [5, 5.41) is 0. The van der Waals surface area contributed by atoms with Gasteiger partial charge >= 0.3 is 0 Å². The predicted octanol–water partition coefficient (Wildman–Crippen LogP) is 2.04. The Bertz CT molecular complexity index is 218. The molecule has 0 N–H and O–H groups in total. The summed E-state index contributed by atoms with van der Waals surface area (Å²) in [6, 6.07) is 3.56. The third-order valence-electron chi connectivity index (χ3n) is 1.67. The van der Waals surface area contributed by atoms with Crippen LogP contribution in [0.3, 0.4) is 0 Å². The standard InChI is InChI=1S/C9H13NO2/c1-2-3-6-10(8-11)9-5-4-7-12-9/h4-5,7-8H,2-3,6H2,1H3. The number of furan rings is 1. The first-order valence-corrected chi connectivity index (χ1v) is 4.14. The van der Waals surface area contributed by atoms with Crippen LogP contribution in [0.4, 0.5) is 5.88 Å². The van der Waals surface area contributed by atoms with Gasteiger partial charge in [-0.2, -0.15) is 0 Å². The van der Waals surface area contributed by atoms with E-state index >= 15 is 0 Å². The van der Waals surface area contributed by atoms with Gasteiger partial charge in [0.2, 0.25) is 12.3 Å². The van der Waals surface area contributed by atoms with E-state index < -0.39 is 0 Å². The molecular weight excluding hydrogens is 154 g/mol. The molecule has 3 nitrogen and oxygen atoms in total. The molecule has 0 aliphatic heterocycles. The Morgan fingerprint density at radius 3 is 3.00 bits per heavy atom. The molecule has 0 aliphatic rings. The van der Waals surface area contributed by atoms with E-state index in [1.54, 1.807) is 23.3 Å². The minimum absolute atomic E-state index is 0.624. The second-order valence-corrected chi connectivity index (χ2v) is 2.60. The summed E-state index contributed by atoms with van der Waals surface area (Å²) in [6.45, 7) is 2.82. The van der Waals surface area contributed by atoms with Crippen LogP contribution in [0.25, 0.3) is 0 Å². The molecule has 0 fully saturated rings. The van der Waals surface area contributed by atoms with Crippen LogP contribution in [0.1, 0.15) is 19.8 Å². The van der Waals surface area contributed by atoms with E-state index in [2.05, 4.69) is 6.92 Å². The molecule has 3 heteroatoms. The molecule has 12 heavy (non-hydrogen) atoms. The van der Waals surface area contributed by atoms with Crippen LogP contribution in [0, 0.1) is 0 Å². The van der Waals surface area contributed by atoms with Crippen molar-refractivity contribution in [1.82, 2.24) is 0 Å². The second kappa shape index (κ2) is 4.59. The first-order valence-electron chi connectivity index (χ1n) is 4.14. The molecule has 0 spiro atoms. The molecular formula is C9H13NO2. The molecule has 66 valence electrons. The van der Waals surface area contributed by atoms with Crippen molar-refractivity contribution in [3.8, 4) is 0 Å². The normalized spacial score (nSPS) is 9.75. The van der Waals surface area contributed by atoms with E-state index in [0.717, 1.165) is 25.8 Å². The molecule has 0 atom stereocenters. The van der Waals surface area contributed by atoms with Gasteiger partial charge in [0, 0.05) is 12.6 Å². The largest absolute Gasteiger partial charge is 0.448 e. The van der Waals surface area contributed by atoms with E-state index in [1.165, 1.54) is 0 Å². The topological polar surface area (TPSA) is 33.5 Å². The molecule has 0 radical (unpaired) electrons. The molecule has 1 amide bonds. The van der Waals surface area contributed by atoms with Crippen LogP contribution in [-0.2, 0) is 4.79 Å². The first kappa shape index (κ1) is 8.84. The van der Waals surface area contributed by atoms with Gasteiger partial charge in [0.15, 0.2) is 0 Å². The third-order valence-corrected chi connectivity index (χ3v) is 1.67. The Balaban J connectivity index is 2.51. The highest BCUT2D eigenvalue weighted by Gasteiger charge is 2.05. The maximum atomic E-state index is 10.6. The van der Waals surface area contributed by atoms with Crippen molar-refractivity contribution in [3.05, 3.63) is 18.4 Å². The monoisotopic (exact) mass is 167 g/mol. The quantitative estimate of drug-likeness (QED) is 0.629. The Labute approximate surface area is 72.0 Å². The van der Waals surface area contributed by atoms with Crippen molar-refractivity contribution >= 4 is 12.3 Å². The van der Waals surface area contributed by atoms with Crippen molar-refractivity contribution < 1.29 is 9.21 Å². The number of unbranched alkanes of at least 4 members (excludes halogenated alkanes) is 1. The SMILES string of the molecule is CCCCN(C=O)c1ccco1. The third kappa shape index (κ3) is 2.12. The van der Waals surface area contributed by atoms with Crippen molar-refractivity contribution in [2.24, 2.45) is 0 Å². The summed E-state index contributed by atoms with van der Waals surface area (Å²) >= 11 is 0. The fourth-order valence-corrected chi connectivity index (χ4v) is 0.977. The van der Waals surface area contributed by atoms with Crippen molar-refractivity contribution in [3.63, 3.8) is 0 Å². The van der Waals surface area contributed by atoms with E-state index in [-0.39, 0.29) is 0 Å². The number of anilines is 1. The van der Waals surface area contributed by atoms with Crippen molar-refractivity contribution in [1.29, 1.82) is 0 Å². The molecule has 1 aromatic rings.